The second kappa shape index (κ2) is 7.57. The Hall–Kier alpha value is -2.59. The van der Waals surface area contributed by atoms with E-state index in [2.05, 4.69) is 95.3 Å². The molecule has 0 saturated carbocycles. The van der Waals surface area contributed by atoms with E-state index in [1.165, 1.54) is 21.9 Å². The SMILES string of the molecule is CC(C)c1ccc(-c2nnc(SCc3cccc4ccccc34)n2C)cc1. The maximum atomic E-state index is 4.43. The first-order chi connectivity index (χ1) is 13.1. The Bertz CT molecular complexity index is 1060. The van der Waals surface area contributed by atoms with Crippen molar-refractivity contribution in [1.82, 2.24) is 14.8 Å². The molecule has 0 unspecified atom stereocenters. The van der Waals surface area contributed by atoms with Crippen molar-refractivity contribution in [1.29, 1.82) is 0 Å². The van der Waals surface area contributed by atoms with Crippen molar-refractivity contribution in [3.63, 3.8) is 0 Å². The van der Waals surface area contributed by atoms with Crippen LogP contribution in [0.15, 0.2) is 71.9 Å². The van der Waals surface area contributed by atoms with E-state index in [4.69, 9.17) is 0 Å². The number of hydrogen-bond donors (Lipinski definition) is 0. The second-order valence-corrected chi connectivity index (χ2v) is 8.01. The summed E-state index contributed by atoms with van der Waals surface area (Å²) < 4.78 is 2.08. The van der Waals surface area contributed by atoms with Gasteiger partial charge in [0.1, 0.15) is 0 Å². The summed E-state index contributed by atoms with van der Waals surface area (Å²) in [6.07, 6.45) is 0. The molecule has 0 aliphatic carbocycles. The van der Waals surface area contributed by atoms with Crippen LogP contribution in [-0.2, 0) is 12.8 Å². The number of benzene rings is 3. The van der Waals surface area contributed by atoms with Gasteiger partial charge in [0.05, 0.1) is 0 Å². The molecule has 0 atom stereocenters. The van der Waals surface area contributed by atoms with Gasteiger partial charge in [0.2, 0.25) is 0 Å². The quantitative estimate of drug-likeness (QED) is 0.399. The van der Waals surface area contributed by atoms with Gasteiger partial charge in [-0.05, 0) is 27.8 Å². The van der Waals surface area contributed by atoms with E-state index in [9.17, 15) is 0 Å². The van der Waals surface area contributed by atoms with Crippen molar-refractivity contribution >= 4 is 22.5 Å². The van der Waals surface area contributed by atoms with Crippen LogP contribution in [0.3, 0.4) is 0 Å². The molecule has 0 bridgehead atoms. The van der Waals surface area contributed by atoms with Gasteiger partial charge in [-0.25, -0.2) is 0 Å². The minimum atomic E-state index is 0.533. The Morgan fingerprint density at radius 2 is 1.63 bits per heavy atom. The van der Waals surface area contributed by atoms with Gasteiger partial charge < -0.3 is 4.57 Å². The summed E-state index contributed by atoms with van der Waals surface area (Å²) in [6.45, 7) is 4.42. The van der Waals surface area contributed by atoms with Crippen molar-refractivity contribution in [3.8, 4) is 11.4 Å². The molecule has 4 rings (SSSR count). The van der Waals surface area contributed by atoms with Crippen LogP contribution in [0.25, 0.3) is 22.2 Å². The predicted molar refractivity (Wildman–Crippen MR) is 114 cm³/mol. The summed E-state index contributed by atoms with van der Waals surface area (Å²) in [5, 5.41) is 12.4. The van der Waals surface area contributed by atoms with E-state index in [1.54, 1.807) is 11.8 Å². The molecule has 0 fully saturated rings. The lowest BCUT2D eigenvalue weighted by atomic mass is 10.0. The van der Waals surface area contributed by atoms with Gasteiger partial charge in [-0.3, -0.25) is 0 Å². The highest BCUT2D eigenvalue weighted by Crippen LogP contribution is 2.29. The molecule has 0 amide bonds. The predicted octanol–water partition coefficient (Wildman–Crippen LogP) is 6.05. The summed E-state index contributed by atoms with van der Waals surface area (Å²) in [4.78, 5) is 0. The fourth-order valence-electron chi connectivity index (χ4n) is 3.27. The van der Waals surface area contributed by atoms with Gasteiger partial charge in [-0.1, -0.05) is 92.3 Å². The molecule has 0 spiro atoms. The summed E-state index contributed by atoms with van der Waals surface area (Å²) in [7, 11) is 2.04. The number of fused-ring (bicyclic) bond motifs is 1. The topological polar surface area (TPSA) is 30.7 Å². The third-order valence-corrected chi connectivity index (χ3v) is 5.98. The third kappa shape index (κ3) is 3.62. The van der Waals surface area contributed by atoms with Gasteiger partial charge >= 0.3 is 0 Å². The molecular formula is C23H23N3S. The Kier molecular flexibility index (Phi) is 4.99. The fourth-order valence-corrected chi connectivity index (χ4v) is 4.18. The molecule has 0 radical (unpaired) electrons. The second-order valence-electron chi connectivity index (χ2n) is 7.07. The van der Waals surface area contributed by atoms with Crippen LogP contribution in [0.5, 0.6) is 0 Å². The Morgan fingerprint density at radius 1 is 0.889 bits per heavy atom. The van der Waals surface area contributed by atoms with E-state index >= 15 is 0 Å². The monoisotopic (exact) mass is 373 g/mol. The first kappa shape index (κ1) is 17.8. The van der Waals surface area contributed by atoms with Crippen LogP contribution in [0.2, 0.25) is 0 Å². The third-order valence-electron chi connectivity index (χ3n) is 4.91. The largest absolute Gasteiger partial charge is 0.305 e. The molecule has 27 heavy (non-hydrogen) atoms. The summed E-state index contributed by atoms with van der Waals surface area (Å²) in [5.41, 5.74) is 3.77. The number of hydrogen-bond acceptors (Lipinski definition) is 3. The molecule has 0 saturated heterocycles. The van der Waals surface area contributed by atoms with Crippen molar-refractivity contribution in [3.05, 3.63) is 77.9 Å². The van der Waals surface area contributed by atoms with Crippen LogP contribution < -0.4 is 0 Å². The molecule has 0 aliphatic rings. The molecule has 3 nitrogen and oxygen atoms in total. The van der Waals surface area contributed by atoms with E-state index in [-0.39, 0.29) is 0 Å². The fraction of sp³-hybridized carbons (Fsp3) is 0.217. The molecule has 136 valence electrons. The van der Waals surface area contributed by atoms with Crippen molar-refractivity contribution < 1.29 is 0 Å². The lowest BCUT2D eigenvalue weighted by Gasteiger charge is -2.08. The van der Waals surface area contributed by atoms with E-state index in [1.807, 2.05) is 7.05 Å². The maximum absolute atomic E-state index is 4.43. The van der Waals surface area contributed by atoms with Crippen LogP contribution in [0.4, 0.5) is 0 Å². The van der Waals surface area contributed by atoms with Crippen LogP contribution in [0, 0.1) is 0 Å². The zero-order chi connectivity index (χ0) is 18.8. The van der Waals surface area contributed by atoms with Gasteiger partial charge in [0.15, 0.2) is 11.0 Å². The number of thioether (sulfide) groups is 1. The van der Waals surface area contributed by atoms with E-state index in [0.29, 0.717) is 5.92 Å². The lowest BCUT2D eigenvalue weighted by Crippen LogP contribution is -1.96. The Morgan fingerprint density at radius 3 is 2.41 bits per heavy atom. The molecule has 0 N–H and O–H groups in total. The zero-order valence-corrected chi connectivity index (χ0v) is 16.7. The zero-order valence-electron chi connectivity index (χ0n) is 15.9. The molecule has 3 aromatic carbocycles. The normalized spacial score (nSPS) is 11.4. The van der Waals surface area contributed by atoms with Crippen LogP contribution >= 0.6 is 11.8 Å². The summed E-state index contributed by atoms with van der Waals surface area (Å²) in [6, 6.07) is 23.6. The van der Waals surface area contributed by atoms with Crippen molar-refractivity contribution in [2.24, 2.45) is 7.05 Å². The number of nitrogens with zero attached hydrogens (tertiary/aromatic N) is 3. The van der Waals surface area contributed by atoms with Crippen LogP contribution in [-0.4, -0.2) is 14.8 Å². The minimum absolute atomic E-state index is 0.533. The average molecular weight is 374 g/mol. The first-order valence-corrected chi connectivity index (χ1v) is 10.2. The van der Waals surface area contributed by atoms with Crippen molar-refractivity contribution in [2.75, 3.05) is 0 Å². The minimum Gasteiger partial charge on any atom is -0.305 e. The molecule has 1 aromatic heterocycles. The highest BCUT2D eigenvalue weighted by atomic mass is 32.2. The average Bonchev–Trinajstić information content (AvgIpc) is 3.07. The first-order valence-electron chi connectivity index (χ1n) is 9.22. The number of rotatable bonds is 5. The maximum Gasteiger partial charge on any atom is 0.191 e. The Labute approximate surface area is 164 Å². The van der Waals surface area contributed by atoms with Gasteiger partial charge in [-0.2, -0.15) is 0 Å². The standard InChI is InChI=1S/C23H23N3S/c1-16(2)17-11-13-19(14-12-17)22-24-25-23(26(22)3)27-15-20-9-6-8-18-7-4-5-10-21(18)20/h4-14,16H,15H2,1-3H3. The summed E-state index contributed by atoms with van der Waals surface area (Å²) >= 11 is 1.73. The summed E-state index contributed by atoms with van der Waals surface area (Å²) in [5.74, 6) is 2.32. The van der Waals surface area contributed by atoms with Gasteiger partial charge in [0.25, 0.3) is 0 Å². The Balaban J connectivity index is 1.55. The molecule has 4 heteroatoms. The lowest BCUT2D eigenvalue weighted by molar-refractivity contribution is 0.793. The van der Waals surface area contributed by atoms with Crippen LogP contribution in [0.1, 0.15) is 30.9 Å². The van der Waals surface area contributed by atoms with Gasteiger partial charge in [0, 0.05) is 18.4 Å². The highest BCUT2D eigenvalue weighted by Gasteiger charge is 2.12. The molecule has 4 aromatic rings. The smallest absolute Gasteiger partial charge is 0.191 e. The van der Waals surface area contributed by atoms with E-state index < -0.39 is 0 Å². The highest BCUT2D eigenvalue weighted by molar-refractivity contribution is 7.98. The van der Waals surface area contributed by atoms with Gasteiger partial charge in [-0.15, -0.1) is 10.2 Å². The van der Waals surface area contributed by atoms with Crippen molar-refractivity contribution in [2.45, 2.75) is 30.7 Å². The molecule has 1 heterocycles. The molecular weight excluding hydrogens is 350 g/mol. The van der Waals surface area contributed by atoms with E-state index in [0.717, 1.165) is 22.3 Å². The molecule has 0 aliphatic heterocycles. The number of aromatic nitrogens is 3.